The number of nitrogens with one attached hydrogen (secondary N) is 1. The number of carbonyl (C=O) groups is 1. The SMILES string of the molecule is Cl.Cl.N[C@@H]1CCC[C@H]1CC(=O)NCc1nc(C2CC2)cs1. The molecule has 0 spiro atoms. The third-order valence-corrected chi connectivity index (χ3v) is 5.03. The summed E-state index contributed by atoms with van der Waals surface area (Å²) in [5, 5.41) is 6.12. The van der Waals surface area contributed by atoms with Gasteiger partial charge in [0.2, 0.25) is 5.91 Å². The third-order valence-electron chi connectivity index (χ3n) is 4.17. The molecule has 0 aliphatic heterocycles. The zero-order chi connectivity index (χ0) is 13.2. The van der Waals surface area contributed by atoms with E-state index in [4.69, 9.17) is 5.73 Å². The lowest BCUT2D eigenvalue weighted by Crippen LogP contribution is -2.31. The maximum atomic E-state index is 11.9. The Labute approximate surface area is 142 Å². The number of nitrogens with zero attached hydrogens (tertiary/aromatic N) is 1. The van der Waals surface area contributed by atoms with E-state index in [2.05, 4.69) is 15.7 Å². The lowest BCUT2D eigenvalue weighted by molar-refractivity contribution is -0.122. The van der Waals surface area contributed by atoms with E-state index >= 15 is 0 Å². The Morgan fingerprint density at radius 1 is 1.33 bits per heavy atom. The lowest BCUT2D eigenvalue weighted by Gasteiger charge is -2.14. The van der Waals surface area contributed by atoms with E-state index in [1.165, 1.54) is 18.5 Å². The summed E-state index contributed by atoms with van der Waals surface area (Å²) in [6.45, 7) is 0.568. The van der Waals surface area contributed by atoms with Gasteiger partial charge in [-0.25, -0.2) is 4.98 Å². The monoisotopic (exact) mass is 351 g/mol. The first-order valence-electron chi connectivity index (χ1n) is 7.19. The highest BCUT2D eigenvalue weighted by Gasteiger charge is 2.27. The Balaban J connectivity index is 0.00000110. The molecule has 1 amide bonds. The summed E-state index contributed by atoms with van der Waals surface area (Å²) in [5.74, 6) is 1.18. The molecular weight excluding hydrogens is 329 g/mol. The number of halogens is 2. The van der Waals surface area contributed by atoms with E-state index in [-0.39, 0.29) is 36.8 Å². The molecule has 120 valence electrons. The Hall–Kier alpha value is -0.360. The molecule has 2 fully saturated rings. The standard InChI is InChI=1S/C14H21N3OS.2ClH/c15-11-3-1-2-10(11)6-13(18)16-7-14-17-12(8-19-14)9-4-5-9;;/h8-11H,1-7,15H2,(H,16,18);2*1H/t10-,11+;;/m0../s1. The second-order valence-electron chi connectivity index (χ2n) is 5.78. The average Bonchev–Trinajstić information content (AvgIpc) is 3.01. The van der Waals surface area contributed by atoms with E-state index < -0.39 is 0 Å². The molecule has 2 aliphatic carbocycles. The molecule has 7 heteroatoms. The average molecular weight is 352 g/mol. The molecule has 0 radical (unpaired) electrons. The molecule has 3 rings (SSSR count). The largest absolute Gasteiger partial charge is 0.350 e. The normalized spacial score (nSPS) is 24.0. The van der Waals surface area contributed by atoms with Crippen molar-refractivity contribution < 1.29 is 4.79 Å². The van der Waals surface area contributed by atoms with Crippen molar-refractivity contribution in [3.8, 4) is 0 Å². The lowest BCUT2D eigenvalue weighted by atomic mass is 10.00. The first-order chi connectivity index (χ1) is 9.22. The van der Waals surface area contributed by atoms with E-state index in [9.17, 15) is 4.79 Å². The van der Waals surface area contributed by atoms with Crippen LogP contribution in [-0.2, 0) is 11.3 Å². The van der Waals surface area contributed by atoms with Crippen molar-refractivity contribution in [1.29, 1.82) is 0 Å². The van der Waals surface area contributed by atoms with Gasteiger partial charge in [0.05, 0.1) is 12.2 Å². The van der Waals surface area contributed by atoms with Crippen molar-refractivity contribution in [3.63, 3.8) is 0 Å². The van der Waals surface area contributed by atoms with Crippen LogP contribution >= 0.6 is 36.2 Å². The smallest absolute Gasteiger partial charge is 0.220 e. The summed E-state index contributed by atoms with van der Waals surface area (Å²) < 4.78 is 0. The molecule has 2 aliphatic rings. The van der Waals surface area contributed by atoms with Crippen LogP contribution in [0, 0.1) is 5.92 Å². The molecule has 1 aromatic rings. The molecule has 0 bridgehead atoms. The van der Waals surface area contributed by atoms with Gasteiger partial charge in [-0.3, -0.25) is 4.79 Å². The number of aromatic nitrogens is 1. The molecule has 1 aromatic heterocycles. The van der Waals surface area contributed by atoms with E-state index in [1.807, 2.05) is 0 Å². The van der Waals surface area contributed by atoms with Crippen LogP contribution in [-0.4, -0.2) is 16.9 Å². The van der Waals surface area contributed by atoms with Crippen LogP contribution in [0.15, 0.2) is 5.38 Å². The summed E-state index contributed by atoms with van der Waals surface area (Å²) in [4.78, 5) is 16.5. The van der Waals surface area contributed by atoms with E-state index in [0.717, 1.165) is 24.3 Å². The van der Waals surface area contributed by atoms with Crippen LogP contribution in [0.25, 0.3) is 0 Å². The second kappa shape index (κ2) is 8.32. The summed E-state index contributed by atoms with van der Waals surface area (Å²) in [5.41, 5.74) is 7.20. The van der Waals surface area contributed by atoms with Gasteiger partial charge >= 0.3 is 0 Å². The van der Waals surface area contributed by atoms with Crippen LogP contribution in [0.2, 0.25) is 0 Å². The minimum absolute atomic E-state index is 0. The molecule has 2 saturated carbocycles. The van der Waals surface area contributed by atoms with Crippen molar-refractivity contribution in [2.24, 2.45) is 11.7 Å². The predicted octanol–water partition coefficient (Wildman–Crippen LogP) is 3.00. The number of rotatable bonds is 5. The molecular formula is C14H23Cl2N3OS. The highest BCUT2D eigenvalue weighted by Crippen LogP contribution is 2.40. The molecule has 3 N–H and O–H groups in total. The summed E-state index contributed by atoms with van der Waals surface area (Å²) in [6, 6.07) is 0.215. The van der Waals surface area contributed by atoms with Crippen molar-refractivity contribution in [2.45, 2.75) is 57.0 Å². The van der Waals surface area contributed by atoms with Crippen LogP contribution in [0.1, 0.15) is 55.1 Å². The molecule has 2 atom stereocenters. The highest BCUT2D eigenvalue weighted by molar-refractivity contribution is 7.09. The maximum absolute atomic E-state index is 11.9. The third kappa shape index (κ3) is 5.09. The Morgan fingerprint density at radius 2 is 2.10 bits per heavy atom. The molecule has 0 saturated heterocycles. The first kappa shape index (κ1) is 18.7. The zero-order valence-corrected chi connectivity index (χ0v) is 14.4. The van der Waals surface area contributed by atoms with Crippen molar-refractivity contribution in [3.05, 3.63) is 16.1 Å². The van der Waals surface area contributed by atoms with Crippen LogP contribution < -0.4 is 11.1 Å². The topological polar surface area (TPSA) is 68.0 Å². The Morgan fingerprint density at radius 3 is 2.71 bits per heavy atom. The zero-order valence-electron chi connectivity index (χ0n) is 11.9. The summed E-state index contributed by atoms with van der Waals surface area (Å²) in [7, 11) is 0. The molecule has 0 unspecified atom stereocenters. The number of nitrogens with two attached hydrogens (primary N) is 1. The summed E-state index contributed by atoms with van der Waals surface area (Å²) in [6.07, 6.45) is 6.44. The number of carbonyl (C=O) groups excluding carboxylic acids is 1. The Bertz CT molecular complexity index is 465. The number of hydrogen-bond acceptors (Lipinski definition) is 4. The van der Waals surface area contributed by atoms with E-state index in [1.54, 1.807) is 11.3 Å². The van der Waals surface area contributed by atoms with Crippen molar-refractivity contribution in [2.75, 3.05) is 0 Å². The predicted molar refractivity (Wildman–Crippen MR) is 90.4 cm³/mol. The van der Waals surface area contributed by atoms with Crippen LogP contribution in [0.3, 0.4) is 0 Å². The van der Waals surface area contributed by atoms with Crippen LogP contribution in [0.4, 0.5) is 0 Å². The van der Waals surface area contributed by atoms with Gasteiger partial charge in [-0.1, -0.05) is 6.42 Å². The number of hydrogen-bond donors (Lipinski definition) is 2. The Kier molecular flexibility index (Phi) is 7.40. The molecule has 21 heavy (non-hydrogen) atoms. The minimum atomic E-state index is 0. The number of amides is 1. The van der Waals surface area contributed by atoms with Gasteiger partial charge in [-0.2, -0.15) is 0 Å². The van der Waals surface area contributed by atoms with Gasteiger partial charge < -0.3 is 11.1 Å². The maximum Gasteiger partial charge on any atom is 0.220 e. The van der Waals surface area contributed by atoms with Gasteiger partial charge in [0.15, 0.2) is 0 Å². The van der Waals surface area contributed by atoms with E-state index in [0.29, 0.717) is 24.8 Å². The fraction of sp³-hybridized carbons (Fsp3) is 0.714. The molecule has 1 heterocycles. The summed E-state index contributed by atoms with van der Waals surface area (Å²) >= 11 is 1.65. The molecule has 4 nitrogen and oxygen atoms in total. The van der Waals surface area contributed by atoms with Crippen molar-refractivity contribution in [1.82, 2.24) is 10.3 Å². The first-order valence-corrected chi connectivity index (χ1v) is 8.07. The quantitative estimate of drug-likeness (QED) is 0.856. The van der Waals surface area contributed by atoms with Gasteiger partial charge in [-0.05, 0) is 31.6 Å². The van der Waals surface area contributed by atoms with Gasteiger partial charge in [0.25, 0.3) is 0 Å². The van der Waals surface area contributed by atoms with Crippen LogP contribution in [0.5, 0.6) is 0 Å². The number of thiazole rings is 1. The van der Waals surface area contributed by atoms with Gasteiger partial charge in [0.1, 0.15) is 5.01 Å². The fourth-order valence-electron chi connectivity index (χ4n) is 2.78. The van der Waals surface area contributed by atoms with Crippen molar-refractivity contribution >= 4 is 42.1 Å². The highest BCUT2D eigenvalue weighted by atomic mass is 35.5. The van der Waals surface area contributed by atoms with Gasteiger partial charge in [-0.15, -0.1) is 36.2 Å². The second-order valence-corrected chi connectivity index (χ2v) is 6.72. The van der Waals surface area contributed by atoms with Gasteiger partial charge in [0, 0.05) is 23.8 Å². The fourth-order valence-corrected chi connectivity index (χ4v) is 3.59. The minimum Gasteiger partial charge on any atom is -0.350 e. The molecule has 0 aromatic carbocycles.